The number of halogens is 2. The van der Waals surface area contributed by atoms with Crippen molar-refractivity contribution in [2.45, 2.75) is 37.8 Å². The Morgan fingerprint density at radius 2 is 1.61 bits per heavy atom. The molecule has 0 aromatic heterocycles. The number of rotatable bonds is 9. The minimum absolute atomic E-state index is 0.0600. The summed E-state index contributed by atoms with van der Waals surface area (Å²) in [6, 6.07) is 14.3. The first-order valence-electron chi connectivity index (χ1n) is 9.10. The molecular formula is C21H24Cl2N2O2S. The predicted octanol–water partition coefficient (Wildman–Crippen LogP) is 5.03. The lowest BCUT2D eigenvalue weighted by Crippen LogP contribution is -2.47. The predicted molar refractivity (Wildman–Crippen MR) is 117 cm³/mol. The van der Waals surface area contributed by atoms with Gasteiger partial charge in [0, 0.05) is 40.2 Å². The first-order chi connectivity index (χ1) is 13.4. The number of likely N-dealkylation sites (N-methyl/N-ethyl adjacent to an activating group) is 1. The highest BCUT2D eigenvalue weighted by molar-refractivity contribution is 7.99. The van der Waals surface area contributed by atoms with Gasteiger partial charge < -0.3 is 10.2 Å². The molecule has 150 valence electrons. The van der Waals surface area contributed by atoms with Gasteiger partial charge in [0.2, 0.25) is 11.8 Å². The number of nitrogens with one attached hydrogen (secondary N) is 1. The monoisotopic (exact) mass is 438 g/mol. The van der Waals surface area contributed by atoms with Gasteiger partial charge in [-0.15, -0.1) is 11.8 Å². The molecule has 0 unspecified atom stereocenters. The molecule has 7 heteroatoms. The fourth-order valence-electron chi connectivity index (χ4n) is 2.62. The Kier molecular flexibility index (Phi) is 9.16. The van der Waals surface area contributed by atoms with Gasteiger partial charge in [-0.1, -0.05) is 35.3 Å². The summed E-state index contributed by atoms with van der Waals surface area (Å²) in [5, 5.41) is 4.11. The molecule has 28 heavy (non-hydrogen) atoms. The fraction of sp³-hybridized carbons (Fsp3) is 0.333. The molecule has 2 amide bonds. The molecule has 1 atom stereocenters. The summed E-state index contributed by atoms with van der Waals surface area (Å²) in [6.07, 6.45) is 0.338. The van der Waals surface area contributed by atoms with Gasteiger partial charge in [0.05, 0.1) is 0 Å². The van der Waals surface area contributed by atoms with Crippen LogP contribution < -0.4 is 5.32 Å². The number of nitrogens with zero attached hydrogens (tertiary/aromatic N) is 1. The number of amides is 2. The van der Waals surface area contributed by atoms with E-state index in [2.05, 4.69) is 5.32 Å². The molecular weight excluding hydrogens is 415 g/mol. The van der Waals surface area contributed by atoms with Gasteiger partial charge in [-0.3, -0.25) is 9.59 Å². The van der Waals surface area contributed by atoms with Crippen LogP contribution in [0.2, 0.25) is 10.0 Å². The van der Waals surface area contributed by atoms with E-state index < -0.39 is 6.04 Å². The number of carbonyl (C=O) groups is 2. The van der Waals surface area contributed by atoms with Crippen molar-refractivity contribution in [3.8, 4) is 0 Å². The Morgan fingerprint density at radius 3 is 2.18 bits per heavy atom. The van der Waals surface area contributed by atoms with E-state index in [0.717, 1.165) is 10.5 Å². The number of hydrogen-bond acceptors (Lipinski definition) is 3. The van der Waals surface area contributed by atoms with Gasteiger partial charge >= 0.3 is 0 Å². The second kappa shape index (κ2) is 11.3. The first kappa shape index (κ1) is 22.6. The van der Waals surface area contributed by atoms with Crippen LogP contribution in [0.25, 0.3) is 0 Å². The van der Waals surface area contributed by atoms with Crippen molar-refractivity contribution < 1.29 is 9.59 Å². The van der Waals surface area contributed by atoms with Crippen molar-refractivity contribution in [3.63, 3.8) is 0 Å². The zero-order valence-corrected chi connectivity index (χ0v) is 18.3. The molecule has 0 heterocycles. The van der Waals surface area contributed by atoms with E-state index >= 15 is 0 Å². The second-order valence-electron chi connectivity index (χ2n) is 6.27. The summed E-state index contributed by atoms with van der Waals surface area (Å²) >= 11 is 13.4. The number of carbonyl (C=O) groups excluding carboxylic acids is 2. The molecule has 0 spiro atoms. The van der Waals surface area contributed by atoms with E-state index in [-0.39, 0.29) is 11.8 Å². The fourth-order valence-corrected chi connectivity index (χ4v) is 3.71. The zero-order chi connectivity index (χ0) is 20.5. The van der Waals surface area contributed by atoms with Gasteiger partial charge in [-0.05, 0) is 55.8 Å². The summed E-state index contributed by atoms with van der Waals surface area (Å²) in [5.41, 5.74) is 0.930. The Bertz CT molecular complexity index is 782. The normalized spacial score (nSPS) is 11.7. The summed E-state index contributed by atoms with van der Waals surface area (Å²) < 4.78 is 0. The summed E-state index contributed by atoms with van der Waals surface area (Å²) in [6.45, 7) is 4.50. The maximum Gasteiger partial charge on any atom is 0.242 e. The molecule has 0 saturated heterocycles. The van der Waals surface area contributed by atoms with Gasteiger partial charge in [0.1, 0.15) is 6.04 Å². The quantitative estimate of drug-likeness (QED) is 0.558. The maximum absolute atomic E-state index is 12.9. The average Bonchev–Trinajstić information content (AvgIpc) is 2.68. The molecule has 0 aliphatic carbocycles. The van der Waals surface area contributed by atoms with Crippen LogP contribution in [-0.4, -0.2) is 35.1 Å². The zero-order valence-electron chi connectivity index (χ0n) is 16.0. The largest absolute Gasteiger partial charge is 0.355 e. The number of benzene rings is 2. The van der Waals surface area contributed by atoms with Crippen LogP contribution >= 0.6 is 35.0 Å². The van der Waals surface area contributed by atoms with Gasteiger partial charge in [0.25, 0.3) is 0 Å². The topological polar surface area (TPSA) is 49.4 Å². The van der Waals surface area contributed by atoms with Crippen LogP contribution in [0.1, 0.15) is 25.8 Å². The highest BCUT2D eigenvalue weighted by atomic mass is 35.5. The smallest absolute Gasteiger partial charge is 0.242 e. The number of thioether (sulfide) groups is 1. The van der Waals surface area contributed by atoms with Crippen LogP contribution in [0, 0.1) is 0 Å². The summed E-state index contributed by atoms with van der Waals surface area (Å²) in [7, 11) is 0. The van der Waals surface area contributed by atoms with E-state index in [0.29, 0.717) is 35.3 Å². The van der Waals surface area contributed by atoms with Crippen molar-refractivity contribution in [3.05, 3.63) is 64.1 Å². The number of hydrogen-bond donors (Lipinski definition) is 1. The Morgan fingerprint density at radius 1 is 1.04 bits per heavy atom. The van der Waals surface area contributed by atoms with Crippen LogP contribution in [0.3, 0.4) is 0 Å². The SMILES string of the molecule is CCNC(=O)[C@H](C)N(Cc1ccc(Cl)cc1)C(=O)CCSc1ccc(Cl)cc1. The van der Waals surface area contributed by atoms with Crippen molar-refractivity contribution in [1.29, 1.82) is 0 Å². The van der Waals surface area contributed by atoms with Crippen LogP contribution in [0.5, 0.6) is 0 Å². The van der Waals surface area contributed by atoms with Gasteiger partial charge in [-0.2, -0.15) is 0 Å². The molecule has 0 bridgehead atoms. The molecule has 0 radical (unpaired) electrons. The van der Waals surface area contributed by atoms with Crippen LogP contribution in [0.4, 0.5) is 0 Å². The molecule has 0 fully saturated rings. The highest BCUT2D eigenvalue weighted by Gasteiger charge is 2.25. The van der Waals surface area contributed by atoms with E-state index in [9.17, 15) is 9.59 Å². The molecule has 2 aromatic rings. The van der Waals surface area contributed by atoms with E-state index in [1.165, 1.54) is 0 Å². The van der Waals surface area contributed by atoms with Crippen molar-refractivity contribution in [2.75, 3.05) is 12.3 Å². The third kappa shape index (κ3) is 7.04. The standard InChI is InChI=1S/C21H24Cl2N2O2S/c1-3-24-21(27)15(2)25(14-16-4-6-17(22)7-5-16)20(26)12-13-28-19-10-8-18(23)9-11-19/h4-11,15H,3,12-14H2,1-2H3,(H,24,27)/t15-/m0/s1. The molecule has 0 aliphatic heterocycles. The maximum atomic E-state index is 12.9. The Labute approximate surface area is 180 Å². The van der Waals surface area contributed by atoms with Crippen molar-refractivity contribution >= 4 is 46.8 Å². The summed E-state index contributed by atoms with van der Waals surface area (Å²) in [4.78, 5) is 27.9. The van der Waals surface area contributed by atoms with Crippen molar-refractivity contribution in [1.82, 2.24) is 10.2 Å². The van der Waals surface area contributed by atoms with E-state index in [1.54, 1.807) is 35.7 Å². The third-order valence-corrected chi connectivity index (χ3v) is 5.70. The third-order valence-electron chi connectivity index (χ3n) is 4.18. The minimum atomic E-state index is -0.552. The lowest BCUT2D eigenvalue weighted by molar-refractivity contribution is -0.140. The first-order valence-corrected chi connectivity index (χ1v) is 10.8. The molecule has 4 nitrogen and oxygen atoms in total. The average molecular weight is 439 g/mol. The lowest BCUT2D eigenvalue weighted by atomic mass is 10.1. The second-order valence-corrected chi connectivity index (χ2v) is 8.31. The Balaban J connectivity index is 2.03. The molecule has 1 N–H and O–H groups in total. The van der Waals surface area contributed by atoms with Crippen LogP contribution in [0.15, 0.2) is 53.4 Å². The van der Waals surface area contributed by atoms with E-state index in [1.807, 2.05) is 43.3 Å². The van der Waals surface area contributed by atoms with Crippen LogP contribution in [-0.2, 0) is 16.1 Å². The minimum Gasteiger partial charge on any atom is -0.355 e. The molecule has 2 aromatic carbocycles. The van der Waals surface area contributed by atoms with Crippen molar-refractivity contribution in [2.24, 2.45) is 0 Å². The highest BCUT2D eigenvalue weighted by Crippen LogP contribution is 2.22. The van der Waals surface area contributed by atoms with Gasteiger partial charge in [0.15, 0.2) is 0 Å². The van der Waals surface area contributed by atoms with Gasteiger partial charge in [-0.25, -0.2) is 0 Å². The summed E-state index contributed by atoms with van der Waals surface area (Å²) in [5.74, 6) is 0.407. The molecule has 2 rings (SSSR count). The molecule has 0 saturated carbocycles. The molecule has 0 aliphatic rings. The lowest BCUT2D eigenvalue weighted by Gasteiger charge is -2.28. The van der Waals surface area contributed by atoms with E-state index in [4.69, 9.17) is 23.2 Å². The Hall–Kier alpha value is -1.69.